The lowest BCUT2D eigenvalue weighted by Gasteiger charge is -1.96. The Hall–Kier alpha value is -1.30. The molecule has 0 radical (unpaired) electrons. The smallest absolute Gasteiger partial charge is 0.196 e. The molecule has 0 aliphatic heterocycles. The van der Waals surface area contributed by atoms with Crippen molar-refractivity contribution >= 4 is 26.7 Å². The van der Waals surface area contributed by atoms with E-state index in [4.69, 9.17) is 0 Å². The summed E-state index contributed by atoms with van der Waals surface area (Å²) in [7, 11) is 0. The Morgan fingerprint density at radius 2 is 2.06 bits per heavy atom. The van der Waals surface area contributed by atoms with Crippen LogP contribution in [0.1, 0.15) is 13.3 Å². The molecule has 0 saturated carbocycles. The molecule has 0 aliphatic carbocycles. The van der Waals surface area contributed by atoms with Crippen molar-refractivity contribution in [3.63, 3.8) is 0 Å². The molecule has 2 rings (SSSR count). The van der Waals surface area contributed by atoms with Gasteiger partial charge in [0.1, 0.15) is 5.52 Å². The molecule has 2 aromatic rings. The van der Waals surface area contributed by atoms with E-state index in [9.17, 15) is 13.2 Å². The van der Waals surface area contributed by atoms with Crippen molar-refractivity contribution in [2.24, 2.45) is 0 Å². The number of fused-ring (bicyclic) bond motifs is 1. The highest BCUT2D eigenvalue weighted by molar-refractivity contribution is 7.22. The number of hydrogen-bond donors (Lipinski definition) is 1. The molecule has 0 fully saturated rings. The van der Waals surface area contributed by atoms with Crippen molar-refractivity contribution in [3.8, 4) is 0 Å². The van der Waals surface area contributed by atoms with Crippen LogP contribution in [0.25, 0.3) is 10.2 Å². The monoisotopic (exact) mass is 246 g/mol. The van der Waals surface area contributed by atoms with E-state index < -0.39 is 17.5 Å². The zero-order valence-corrected chi connectivity index (χ0v) is 9.30. The second kappa shape index (κ2) is 4.29. The first-order valence-corrected chi connectivity index (χ1v) is 5.63. The lowest BCUT2D eigenvalue weighted by Crippen LogP contribution is -1.98. The summed E-state index contributed by atoms with van der Waals surface area (Å²) in [6.07, 6.45) is 0.890. The lowest BCUT2D eigenvalue weighted by atomic mass is 10.3. The Kier molecular flexibility index (Phi) is 3.00. The molecule has 1 aromatic carbocycles. The summed E-state index contributed by atoms with van der Waals surface area (Å²) in [6.45, 7) is 2.66. The van der Waals surface area contributed by atoms with Crippen LogP contribution in [0, 0.1) is 17.5 Å². The van der Waals surface area contributed by atoms with Crippen LogP contribution in [0.15, 0.2) is 6.07 Å². The Balaban J connectivity index is 2.49. The number of rotatable bonds is 3. The van der Waals surface area contributed by atoms with E-state index in [2.05, 4.69) is 10.3 Å². The van der Waals surface area contributed by atoms with E-state index in [1.165, 1.54) is 0 Å². The van der Waals surface area contributed by atoms with Gasteiger partial charge in [0, 0.05) is 6.54 Å². The maximum Gasteiger partial charge on any atom is 0.196 e. The molecule has 0 saturated heterocycles. The van der Waals surface area contributed by atoms with Gasteiger partial charge >= 0.3 is 0 Å². The number of anilines is 1. The first kappa shape index (κ1) is 11.2. The molecule has 0 unspecified atom stereocenters. The van der Waals surface area contributed by atoms with Crippen LogP contribution in [0.5, 0.6) is 0 Å². The molecule has 1 aromatic heterocycles. The zero-order valence-electron chi connectivity index (χ0n) is 8.48. The van der Waals surface area contributed by atoms with E-state index in [-0.39, 0.29) is 5.52 Å². The van der Waals surface area contributed by atoms with Gasteiger partial charge in [0.05, 0.1) is 4.70 Å². The fourth-order valence-corrected chi connectivity index (χ4v) is 2.20. The minimum absolute atomic E-state index is 0.123. The Bertz CT molecular complexity index is 524. The minimum atomic E-state index is -1.47. The molecule has 1 N–H and O–H groups in total. The molecular formula is C10H9F3N2S. The molecule has 0 bridgehead atoms. The highest BCUT2D eigenvalue weighted by atomic mass is 32.1. The molecule has 1 heterocycles. The number of hydrogen-bond acceptors (Lipinski definition) is 3. The van der Waals surface area contributed by atoms with Gasteiger partial charge in [0.15, 0.2) is 22.6 Å². The zero-order chi connectivity index (χ0) is 11.7. The third-order valence-corrected chi connectivity index (χ3v) is 3.01. The topological polar surface area (TPSA) is 24.9 Å². The lowest BCUT2D eigenvalue weighted by molar-refractivity contribution is 0.453. The van der Waals surface area contributed by atoms with Gasteiger partial charge in [-0.3, -0.25) is 0 Å². The van der Waals surface area contributed by atoms with Gasteiger partial charge in [0.2, 0.25) is 0 Å². The van der Waals surface area contributed by atoms with Crippen LogP contribution >= 0.6 is 11.3 Å². The SMILES string of the molecule is CCCNc1nc2c(F)c(F)c(F)cc2s1. The number of nitrogens with one attached hydrogen (secondary N) is 1. The first-order valence-electron chi connectivity index (χ1n) is 4.81. The van der Waals surface area contributed by atoms with Crippen molar-refractivity contribution in [1.82, 2.24) is 4.98 Å². The second-order valence-electron chi connectivity index (χ2n) is 3.28. The maximum atomic E-state index is 13.3. The number of aromatic nitrogens is 1. The molecular weight excluding hydrogens is 237 g/mol. The summed E-state index contributed by atoms with van der Waals surface area (Å²) in [5.41, 5.74) is -0.123. The highest BCUT2D eigenvalue weighted by Crippen LogP contribution is 2.30. The Morgan fingerprint density at radius 3 is 2.75 bits per heavy atom. The number of halogens is 3. The van der Waals surface area contributed by atoms with Crippen LogP contribution < -0.4 is 5.32 Å². The van der Waals surface area contributed by atoms with Crippen molar-refractivity contribution in [3.05, 3.63) is 23.5 Å². The molecule has 0 spiro atoms. The third kappa shape index (κ3) is 1.84. The molecule has 86 valence electrons. The van der Waals surface area contributed by atoms with Gasteiger partial charge in [-0.1, -0.05) is 18.3 Å². The van der Waals surface area contributed by atoms with E-state index in [1.54, 1.807) is 0 Å². The second-order valence-corrected chi connectivity index (χ2v) is 4.31. The summed E-state index contributed by atoms with van der Waals surface area (Å²) in [5, 5.41) is 3.42. The molecule has 6 heteroatoms. The van der Waals surface area contributed by atoms with Gasteiger partial charge in [0.25, 0.3) is 0 Å². The van der Waals surface area contributed by atoms with Crippen LogP contribution in [-0.4, -0.2) is 11.5 Å². The fraction of sp³-hybridized carbons (Fsp3) is 0.300. The average Bonchev–Trinajstić information content (AvgIpc) is 2.66. The van der Waals surface area contributed by atoms with E-state index in [0.717, 1.165) is 23.8 Å². The predicted molar refractivity (Wildman–Crippen MR) is 58.3 cm³/mol. The number of benzene rings is 1. The van der Waals surface area contributed by atoms with Crippen LogP contribution in [0.4, 0.5) is 18.3 Å². The quantitative estimate of drug-likeness (QED) is 0.838. The summed E-state index contributed by atoms with van der Waals surface area (Å²) in [4.78, 5) is 3.88. The van der Waals surface area contributed by atoms with Crippen molar-refractivity contribution in [1.29, 1.82) is 0 Å². The van der Waals surface area contributed by atoms with Gasteiger partial charge in [-0.15, -0.1) is 0 Å². The molecule has 2 nitrogen and oxygen atoms in total. The minimum Gasteiger partial charge on any atom is -0.361 e. The largest absolute Gasteiger partial charge is 0.361 e. The normalized spacial score (nSPS) is 11.0. The maximum absolute atomic E-state index is 13.3. The third-order valence-electron chi connectivity index (χ3n) is 2.05. The summed E-state index contributed by atoms with van der Waals surface area (Å²) >= 11 is 1.11. The highest BCUT2D eigenvalue weighted by Gasteiger charge is 2.17. The summed E-state index contributed by atoms with van der Waals surface area (Å²) in [6, 6.07) is 0.961. The van der Waals surface area contributed by atoms with Crippen LogP contribution in [-0.2, 0) is 0 Å². The summed E-state index contributed by atoms with van der Waals surface area (Å²) < 4.78 is 39.4. The van der Waals surface area contributed by atoms with Crippen LogP contribution in [0.2, 0.25) is 0 Å². The number of thiazole rings is 1. The average molecular weight is 246 g/mol. The molecule has 0 atom stereocenters. The molecule has 16 heavy (non-hydrogen) atoms. The summed E-state index contributed by atoms with van der Waals surface area (Å²) in [5.74, 6) is -3.88. The molecule has 0 amide bonds. The van der Waals surface area contributed by atoms with Crippen molar-refractivity contribution in [2.75, 3.05) is 11.9 Å². The van der Waals surface area contributed by atoms with Crippen molar-refractivity contribution < 1.29 is 13.2 Å². The van der Waals surface area contributed by atoms with Gasteiger partial charge in [-0.2, -0.15) is 0 Å². The van der Waals surface area contributed by atoms with Crippen LogP contribution in [0.3, 0.4) is 0 Å². The molecule has 0 aliphatic rings. The Morgan fingerprint density at radius 1 is 1.31 bits per heavy atom. The fourth-order valence-electron chi connectivity index (χ4n) is 1.28. The van der Waals surface area contributed by atoms with Gasteiger partial charge < -0.3 is 5.32 Å². The number of nitrogens with zero attached hydrogens (tertiary/aromatic N) is 1. The standard InChI is InChI=1S/C10H9F3N2S/c1-2-3-14-10-15-9-6(16-10)4-5(11)7(12)8(9)13/h4H,2-3H2,1H3,(H,14,15). The predicted octanol–water partition coefficient (Wildman–Crippen LogP) is 3.54. The van der Waals surface area contributed by atoms with E-state index in [1.807, 2.05) is 6.92 Å². The van der Waals surface area contributed by atoms with E-state index >= 15 is 0 Å². The van der Waals surface area contributed by atoms with Gasteiger partial charge in [-0.05, 0) is 12.5 Å². The van der Waals surface area contributed by atoms with Gasteiger partial charge in [-0.25, -0.2) is 18.2 Å². The first-order chi connectivity index (χ1) is 7.63. The van der Waals surface area contributed by atoms with E-state index in [0.29, 0.717) is 16.4 Å². The Labute approximate surface area is 94.1 Å². The van der Waals surface area contributed by atoms with Crippen molar-refractivity contribution in [2.45, 2.75) is 13.3 Å².